The molecule has 4 nitrogen and oxygen atoms in total. The molecule has 0 unspecified atom stereocenters. The van der Waals surface area contributed by atoms with Gasteiger partial charge in [0, 0.05) is 0 Å². The smallest absolute Gasteiger partial charge is 0.343 e. The number of amides is 1. The molecule has 0 atom stereocenters. The number of carbonyl (C=O) groups excluding carboxylic acids is 1. The summed E-state index contributed by atoms with van der Waals surface area (Å²) in [7, 11) is 0. The second-order valence-corrected chi connectivity index (χ2v) is 4.90. The zero-order chi connectivity index (χ0) is 18.1. The molecule has 10 heteroatoms. The van der Waals surface area contributed by atoms with E-state index in [0.717, 1.165) is 0 Å². The van der Waals surface area contributed by atoms with Crippen LogP contribution >= 0.6 is 0 Å². The fourth-order valence-corrected chi connectivity index (χ4v) is 2.05. The van der Waals surface area contributed by atoms with Gasteiger partial charge in [-0.25, -0.2) is 4.68 Å². The molecular formula is C14H11F6N3O. The first-order valence-electron chi connectivity index (χ1n) is 6.57. The highest BCUT2D eigenvalue weighted by atomic mass is 19.4. The van der Waals surface area contributed by atoms with Gasteiger partial charge in [-0.15, -0.1) is 0 Å². The minimum absolute atomic E-state index is 0.0692. The van der Waals surface area contributed by atoms with Crippen molar-refractivity contribution < 1.29 is 31.1 Å². The molecule has 0 aliphatic rings. The Kier molecular flexibility index (Phi) is 4.59. The van der Waals surface area contributed by atoms with Crippen molar-refractivity contribution in [2.75, 3.05) is 6.54 Å². The molecule has 0 saturated heterocycles. The minimum atomic E-state index is -4.98. The van der Waals surface area contributed by atoms with Crippen LogP contribution < -0.4 is 5.32 Å². The predicted molar refractivity (Wildman–Crippen MR) is 71.7 cm³/mol. The monoisotopic (exact) mass is 351 g/mol. The molecule has 1 aromatic heterocycles. The third kappa shape index (κ3) is 3.87. The number of hydrogen-bond donors (Lipinski definition) is 1. The fourth-order valence-electron chi connectivity index (χ4n) is 2.05. The molecule has 1 heterocycles. The molecule has 2 aromatic rings. The van der Waals surface area contributed by atoms with Crippen molar-refractivity contribution >= 4 is 5.91 Å². The Morgan fingerprint density at radius 1 is 1.17 bits per heavy atom. The van der Waals surface area contributed by atoms with Crippen molar-refractivity contribution in [3.8, 4) is 5.69 Å². The number of carbonyl (C=O) groups is 1. The summed E-state index contributed by atoms with van der Waals surface area (Å²) in [5.41, 5.74) is -1.89. The maximum Gasteiger partial charge on any atom is 0.434 e. The van der Waals surface area contributed by atoms with Crippen LogP contribution in [0.2, 0.25) is 0 Å². The maximum atomic E-state index is 13.3. The van der Waals surface area contributed by atoms with Crippen LogP contribution in [0.4, 0.5) is 26.3 Å². The van der Waals surface area contributed by atoms with E-state index in [2.05, 4.69) is 5.10 Å². The van der Waals surface area contributed by atoms with Crippen LogP contribution in [-0.2, 0) is 6.18 Å². The van der Waals surface area contributed by atoms with Gasteiger partial charge in [-0.3, -0.25) is 4.79 Å². The lowest BCUT2D eigenvalue weighted by Crippen LogP contribution is -2.34. The van der Waals surface area contributed by atoms with Crippen molar-refractivity contribution in [2.45, 2.75) is 19.3 Å². The molecule has 130 valence electrons. The highest BCUT2D eigenvalue weighted by Crippen LogP contribution is 2.34. The number of aromatic nitrogens is 2. The quantitative estimate of drug-likeness (QED) is 0.861. The van der Waals surface area contributed by atoms with Crippen molar-refractivity contribution in [1.29, 1.82) is 0 Å². The van der Waals surface area contributed by atoms with Crippen LogP contribution in [0.25, 0.3) is 5.69 Å². The van der Waals surface area contributed by atoms with Crippen molar-refractivity contribution in [1.82, 2.24) is 15.1 Å². The lowest BCUT2D eigenvalue weighted by Gasteiger charge is -2.14. The first-order chi connectivity index (χ1) is 11.0. The molecule has 0 aliphatic heterocycles. The predicted octanol–water partition coefficient (Wildman–Crippen LogP) is 3.49. The van der Waals surface area contributed by atoms with E-state index < -0.39 is 36.1 Å². The molecule has 2 rings (SSSR count). The molecular weight excluding hydrogens is 340 g/mol. The second kappa shape index (κ2) is 6.17. The summed E-state index contributed by atoms with van der Waals surface area (Å²) in [6.07, 6.45) is -9.12. The summed E-state index contributed by atoms with van der Waals surface area (Å²) in [6.45, 7) is -0.195. The molecule has 0 bridgehead atoms. The van der Waals surface area contributed by atoms with Gasteiger partial charge in [-0.1, -0.05) is 18.2 Å². The Balaban J connectivity index is 2.48. The first kappa shape index (κ1) is 17.8. The van der Waals surface area contributed by atoms with Crippen LogP contribution in [0.15, 0.2) is 30.5 Å². The normalized spacial score (nSPS) is 12.3. The van der Waals surface area contributed by atoms with Gasteiger partial charge in [-0.05, 0) is 18.6 Å². The van der Waals surface area contributed by atoms with Crippen LogP contribution in [0, 0.1) is 6.92 Å². The molecule has 0 saturated carbocycles. The lowest BCUT2D eigenvalue weighted by molar-refractivity contribution is -0.143. The van der Waals surface area contributed by atoms with E-state index in [4.69, 9.17) is 0 Å². The topological polar surface area (TPSA) is 46.9 Å². The van der Waals surface area contributed by atoms with Gasteiger partial charge in [0.25, 0.3) is 5.91 Å². The summed E-state index contributed by atoms with van der Waals surface area (Å²) < 4.78 is 76.9. The van der Waals surface area contributed by atoms with E-state index >= 15 is 0 Å². The van der Waals surface area contributed by atoms with Crippen LogP contribution in [0.1, 0.15) is 21.6 Å². The summed E-state index contributed by atoms with van der Waals surface area (Å²) in [5, 5.41) is 4.95. The highest BCUT2D eigenvalue weighted by Gasteiger charge is 2.41. The Morgan fingerprint density at radius 2 is 1.79 bits per heavy atom. The number of benzene rings is 1. The summed E-state index contributed by atoms with van der Waals surface area (Å²) in [5.74, 6) is -1.50. The Hall–Kier alpha value is -2.52. The number of nitrogens with zero attached hydrogens (tertiary/aromatic N) is 2. The number of halogens is 6. The number of para-hydroxylation sites is 1. The molecule has 0 spiro atoms. The van der Waals surface area contributed by atoms with E-state index in [1.807, 2.05) is 0 Å². The van der Waals surface area contributed by atoms with E-state index in [1.165, 1.54) is 17.4 Å². The average molecular weight is 351 g/mol. The van der Waals surface area contributed by atoms with Gasteiger partial charge in [-0.2, -0.15) is 31.4 Å². The molecule has 0 fully saturated rings. The third-order valence-corrected chi connectivity index (χ3v) is 3.08. The summed E-state index contributed by atoms with van der Waals surface area (Å²) in [6, 6.07) is 5.98. The van der Waals surface area contributed by atoms with Gasteiger partial charge in [0.15, 0.2) is 5.69 Å². The lowest BCUT2D eigenvalue weighted by atomic mass is 10.1. The number of rotatable bonds is 3. The van der Waals surface area contributed by atoms with E-state index in [0.29, 0.717) is 16.4 Å². The molecule has 0 radical (unpaired) electrons. The summed E-state index contributed by atoms with van der Waals surface area (Å²) in [4.78, 5) is 11.7. The standard InChI is InChI=1S/C14H11F6N3O/c1-8-4-2-3-5-10(8)23-11(14(18,19)20)9(6-22-23)12(24)21-7-13(15,16)17/h2-6H,7H2,1H3,(H,21,24). The Labute approximate surface area is 132 Å². The Morgan fingerprint density at radius 3 is 2.33 bits per heavy atom. The highest BCUT2D eigenvalue weighted by molar-refractivity contribution is 5.95. The molecule has 1 aromatic carbocycles. The van der Waals surface area contributed by atoms with E-state index in [-0.39, 0.29) is 5.69 Å². The van der Waals surface area contributed by atoms with Gasteiger partial charge in [0.05, 0.1) is 17.4 Å². The van der Waals surface area contributed by atoms with Gasteiger partial charge in [0.2, 0.25) is 0 Å². The second-order valence-electron chi connectivity index (χ2n) is 4.90. The summed E-state index contributed by atoms with van der Waals surface area (Å²) >= 11 is 0. The van der Waals surface area contributed by atoms with Gasteiger partial charge < -0.3 is 5.32 Å². The number of nitrogens with one attached hydrogen (secondary N) is 1. The molecule has 1 N–H and O–H groups in total. The van der Waals surface area contributed by atoms with Crippen molar-refractivity contribution in [2.24, 2.45) is 0 Å². The van der Waals surface area contributed by atoms with Crippen LogP contribution in [0.5, 0.6) is 0 Å². The largest absolute Gasteiger partial charge is 0.434 e. The third-order valence-electron chi connectivity index (χ3n) is 3.08. The minimum Gasteiger partial charge on any atom is -0.343 e. The van der Waals surface area contributed by atoms with Crippen LogP contribution in [-0.4, -0.2) is 28.4 Å². The van der Waals surface area contributed by atoms with E-state index in [1.54, 1.807) is 19.1 Å². The number of hydrogen-bond acceptors (Lipinski definition) is 2. The van der Waals surface area contributed by atoms with Crippen LogP contribution in [0.3, 0.4) is 0 Å². The van der Waals surface area contributed by atoms with Crippen molar-refractivity contribution in [3.05, 3.63) is 47.3 Å². The fraction of sp³-hybridized carbons (Fsp3) is 0.286. The SMILES string of the molecule is Cc1ccccc1-n1ncc(C(=O)NCC(F)(F)F)c1C(F)(F)F. The zero-order valence-electron chi connectivity index (χ0n) is 12.2. The number of aryl methyl sites for hydroxylation is 1. The number of alkyl halides is 6. The average Bonchev–Trinajstić information content (AvgIpc) is 2.89. The Bertz CT molecular complexity index is 748. The maximum absolute atomic E-state index is 13.3. The first-order valence-corrected chi connectivity index (χ1v) is 6.57. The molecule has 0 aliphatic carbocycles. The molecule has 1 amide bonds. The zero-order valence-corrected chi connectivity index (χ0v) is 12.2. The van der Waals surface area contributed by atoms with Gasteiger partial charge in [0.1, 0.15) is 6.54 Å². The molecule has 24 heavy (non-hydrogen) atoms. The van der Waals surface area contributed by atoms with Gasteiger partial charge >= 0.3 is 12.4 Å². The van der Waals surface area contributed by atoms with Crippen molar-refractivity contribution in [3.63, 3.8) is 0 Å². The van der Waals surface area contributed by atoms with E-state index in [9.17, 15) is 31.1 Å².